The fourth-order valence-corrected chi connectivity index (χ4v) is 2.72. The number of anilines is 2. The van der Waals surface area contributed by atoms with Gasteiger partial charge >= 0.3 is 0 Å². The summed E-state index contributed by atoms with van der Waals surface area (Å²) >= 11 is 3.37. The Kier molecular flexibility index (Phi) is 7.32. The van der Waals surface area contributed by atoms with E-state index in [9.17, 15) is 4.79 Å². The number of hydrogen-bond donors (Lipinski definition) is 2. The molecule has 3 aromatic rings. The summed E-state index contributed by atoms with van der Waals surface area (Å²) in [6, 6.07) is 24.6. The molecule has 0 aromatic heterocycles. The molecule has 0 bridgehead atoms. The molecule has 0 saturated heterocycles. The second kappa shape index (κ2) is 10.4. The van der Waals surface area contributed by atoms with E-state index in [-0.39, 0.29) is 12.5 Å². The van der Waals surface area contributed by atoms with E-state index in [0.717, 1.165) is 27.3 Å². The molecule has 5 nitrogen and oxygen atoms in total. The van der Waals surface area contributed by atoms with Crippen molar-refractivity contribution >= 4 is 33.2 Å². The molecular weight excluding hydrogens is 420 g/mol. The van der Waals surface area contributed by atoms with E-state index in [1.807, 2.05) is 78.9 Å². The summed E-state index contributed by atoms with van der Waals surface area (Å²) in [6.07, 6.45) is 0. The molecule has 0 aliphatic carbocycles. The van der Waals surface area contributed by atoms with E-state index in [1.165, 1.54) is 0 Å². The van der Waals surface area contributed by atoms with Crippen LogP contribution in [-0.4, -0.2) is 25.7 Å². The minimum Gasteiger partial charge on any atom is -0.490 e. The maximum Gasteiger partial charge on any atom is 0.243 e. The van der Waals surface area contributed by atoms with Crippen LogP contribution < -0.4 is 20.1 Å². The van der Waals surface area contributed by atoms with Crippen LogP contribution >= 0.6 is 15.9 Å². The lowest BCUT2D eigenvalue weighted by Crippen LogP contribution is -2.21. The van der Waals surface area contributed by atoms with Crippen molar-refractivity contribution < 1.29 is 14.3 Å². The molecule has 0 fully saturated rings. The third-order valence-corrected chi connectivity index (χ3v) is 4.31. The Labute approximate surface area is 172 Å². The molecule has 0 heterocycles. The highest BCUT2D eigenvalue weighted by molar-refractivity contribution is 9.10. The maximum atomic E-state index is 12.1. The molecule has 0 spiro atoms. The lowest BCUT2D eigenvalue weighted by Gasteiger charge is -2.11. The van der Waals surface area contributed by atoms with Gasteiger partial charge in [-0.1, -0.05) is 40.2 Å². The quantitative estimate of drug-likeness (QED) is 0.461. The molecule has 3 rings (SSSR count). The lowest BCUT2D eigenvalue weighted by atomic mass is 10.3. The number of carbonyl (C=O) groups excluding carboxylic acids is 1. The molecule has 6 heteroatoms. The van der Waals surface area contributed by atoms with Gasteiger partial charge in [-0.05, 0) is 48.5 Å². The first kappa shape index (κ1) is 19.8. The van der Waals surface area contributed by atoms with Crippen LogP contribution in [0.4, 0.5) is 11.4 Å². The van der Waals surface area contributed by atoms with Crippen LogP contribution in [-0.2, 0) is 4.79 Å². The van der Waals surface area contributed by atoms with E-state index in [2.05, 4.69) is 26.6 Å². The summed E-state index contributed by atoms with van der Waals surface area (Å²) in [4.78, 5) is 12.1. The lowest BCUT2D eigenvalue weighted by molar-refractivity contribution is -0.114. The average Bonchev–Trinajstić information content (AvgIpc) is 2.73. The Balaban J connectivity index is 1.41. The van der Waals surface area contributed by atoms with Gasteiger partial charge in [0.25, 0.3) is 0 Å². The number of amides is 1. The summed E-state index contributed by atoms with van der Waals surface area (Å²) < 4.78 is 12.3. The summed E-state index contributed by atoms with van der Waals surface area (Å²) in [5, 5.41) is 5.94. The maximum absolute atomic E-state index is 12.1. The second-order valence-corrected chi connectivity index (χ2v) is 6.86. The first-order chi connectivity index (χ1) is 13.7. The van der Waals surface area contributed by atoms with Crippen LogP contribution in [0.3, 0.4) is 0 Å². The van der Waals surface area contributed by atoms with Gasteiger partial charge in [-0.3, -0.25) is 4.79 Å². The number of nitrogens with one attached hydrogen (secondary N) is 2. The monoisotopic (exact) mass is 440 g/mol. The van der Waals surface area contributed by atoms with E-state index >= 15 is 0 Å². The van der Waals surface area contributed by atoms with Crippen LogP contribution in [0, 0.1) is 0 Å². The van der Waals surface area contributed by atoms with Gasteiger partial charge in [0.15, 0.2) is 0 Å². The number of hydrogen-bond acceptors (Lipinski definition) is 4. The van der Waals surface area contributed by atoms with Crippen molar-refractivity contribution in [2.45, 2.75) is 0 Å². The SMILES string of the molecule is O=C(CNc1cccc(OCCOc2ccccc2)c1)Nc1ccc(Br)cc1. The van der Waals surface area contributed by atoms with Gasteiger partial charge in [0, 0.05) is 21.9 Å². The number of ether oxygens (including phenoxy) is 2. The number of rotatable bonds is 9. The largest absolute Gasteiger partial charge is 0.490 e. The van der Waals surface area contributed by atoms with E-state index < -0.39 is 0 Å². The van der Waals surface area contributed by atoms with Gasteiger partial charge in [0.2, 0.25) is 5.91 Å². The number of para-hydroxylation sites is 1. The van der Waals surface area contributed by atoms with Crippen molar-refractivity contribution in [1.82, 2.24) is 0 Å². The smallest absolute Gasteiger partial charge is 0.243 e. The third-order valence-electron chi connectivity index (χ3n) is 3.78. The second-order valence-electron chi connectivity index (χ2n) is 5.95. The summed E-state index contributed by atoms with van der Waals surface area (Å²) in [7, 11) is 0. The molecule has 0 aliphatic rings. The van der Waals surface area contributed by atoms with Crippen LogP contribution in [0.5, 0.6) is 11.5 Å². The van der Waals surface area contributed by atoms with Crippen LogP contribution in [0.1, 0.15) is 0 Å². The molecule has 3 aromatic carbocycles. The zero-order valence-corrected chi connectivity index (χ0v) is 16.8. The minimum atomic E-state index is -0.120. The zero-order valence-electron chi connectivity index (χ0n) is 15.2. The molecule has 0 saturated carbocycles. The summed E-state index contributed by atoms with van der Waals surface area (Å²) in [5.74, 6) is 1.41. The topological polar surface area (TPSA) is 59.6 Å². The molecule has 1 amide bonds. The van der Waals surface area contributed by atoms with Gasteiger partial charge < -0.3 is 20.1 Å². The first-order valence-corrected chi connectivity index (χ1v) is 9.68. The van der Waals surface area contributed by atoms with Crippen molar-refractivity contribution in [3.8, 4) is 11.5 Å². The standard InChI is InChI=1S/C22H21BrN2O3/c23-17-9-11-18(12-10-17)25-22(26)16-24-19-5-4-8-21(15-19)28-14-13-27-20-6-2-1-3-7-20/h1-12,15,24H,13-14,16H2,(H,25,26). The number of benzene rings is 3. The predicted molar refractivity (Wildman–Crippen MR) is 115 cm³/mol. The fraction of sp³-hybridized carbons (Fsp3) is 0.136. The Hall–Kier alpha value is -2.99. The Morgan fingerprint density at radius 2 is 1.46 bits per heavy atom. The van der Waals surface area contributed by atoms with Gasteiger partial charge in [-0.2, -0.15) is 0 Å². The molecule has 0 atom stereocenters. The van der Waals surface area contributed by atoms with Crippen LogP contribution in [0.2, 0.25) is 0 Å². The molecule has 28 heavy (non-hydrogen) atoms. The molecular formula is C22H21BrN2O3. The van der Waals surface area contributed by atoms with Crippen molar-refractivity contribution in [2.24, 2.45) is 0 Å². The highest BCUT2D eigenvalue weighted by atomic mass is 79.9. The van der Waals surface area contributed by atoms with Crippen molar-refractivity contribution in [2.75, 3.05) is 30.4 Å². The predicted octanol–water partition coefficient (Wildman–Crippen LogP) is 4.96. The molecule has 0 radical (unpaired) electrons. The van der Waals surface area contributed by atoms with E-state index in [0.29, 0.717) is 13.2 Å². The highest BCUT2D eigenvalue weighted by Crippen LogP contribution is 2.18. The third kappa shape index (κ3) is 6.63. The van der Waals surface area contributed by atoms with Gasteiger partial charge in [0.05, 0.1) is 6.54 Å². The number of halogens is 1. The molecule has 0 unspecified atom stereocenters. The summed E-state index contributed by atoms with van der Waals surface area (Å²) in [5.41, 5.74) is 1.57. The van der Waals surface area contributed by atoms with Crippen LogP contribution in [0.25, 0.3) is 0 Å². The Bertz CT molecular complexity index is 886. The van der Waals surface area contributed by atoms with Gasteiger partial charge in [-0.25, -0.2) is 0 Å². The van der Waals surface area contributed by atoms with Crippen molar-refractivity contribution in [3.05, 3.63) is 83.3 Å². The minimum absolute atomic E-state index is 0.120. The first-order valence-electron chi connectivity index (χ1n) is 8.89. The normalized spacial score (nSPS) is 10.2. The molecule has 144 valence electrons. The fourth-order valence-electron chi connectivity index (χ4n) is 2.45. The van der Waals surface area contributed by atoms with Gasteiger partial charge in [0.1, 0.15) is 24.7 Å². The van der Waals surface area contributed by atoms with E-state index in [1.54, 1.807) is 0 Å². The Morgan fingerprint density at radius 3 is 2.21 bits per heavy atom. The average molecular weight is 441 g/mol. The van der Waals surface area contributed by atoms with E-state index in [4.69, 9.17) is 9.47 Å². The Morgan fingerprint density at radius 1 is 0.786 bits per heavy atom. The van der Waals surface area contributed by atoms with Crippen molar-refractivity contribution in [3.63, 3.8) is 0 Å². The molecule has 0 aliphatic heterocycles. The zero-order chi connectivity index (χ0) is 19.6. The highest BCUT2D eigenvalue weighted by Gasteiger charge is 2.03. The van der Waals surface area contributed by atoms with Gasteiger partial charge in [-0.15, -0.1) is 0 Å². The van der Waals surface area contributed by atoms with Crippen LogP contribution in [0.15, 0.2) is 83.3 Å². The number of carbonyl (C=O) groups is 1. The summed E-state index contributed by atoms with van der Waals surface area (Å²) in [6.45, 7) is 1.05. The van der Waals surface area contributed by atoms with Crippen molar-refractivity contribution in [1.29, 1.82) is 0 Å². The molecule has 2 N–H and O–H groups in total.